The lowest BCUT2D eigenvalue weighted by Crippen LogP contribution is -2.39. The van der Waals surface area contributed by atoms with Gasteiger partial charge in [0.05, 0.1) is 23.4 Å². The van der Waals surface area contributed by atoms with Gasteiger partial charge in [0.1, 0.15) is 5.56 Å². The molecule has 0 saturated carbocycles. The van der Waals surface area contributed by atoms with Gasteiger partial charge < -0.3 is 10.3 Å². The van der Waals surface area contributed by atoms with Gasteiger partial charge in [-0.05, 0) is 31.2 Å². The summed E-state index contributed by atoms with van der Waals surface area (Å²) in [6.45, 7) is 1.79. The highest BCUT2D eigenvalue weighted by Gasteiger charge is 2.17. The van der Waals surface area contributed by atoms with E-state index in [0.717, 1.165) is 27.4 Å². The van der Waals surface area contributed by atoms with Crippen LogP contribution < -0.4 is 16.6 Å². The Kier molecular flexibility index (Phi) is 4.74. The van der Waals surface area contributed by atoms with Crippen molar-refractivity contribution in [3.8, 4) is 0 Å². The SMILES string of the molecule is Cc1cc(NC(=O)c2c[nH]c(=O)n(Cc3ccccn3)c2=O)c2ccccc2n1. The molecule has 4 aromatic rings. The van der Waals surface area contributed by atoms with Gasteiger partial charge in [0.2, 0.25) is 0 Å². The van der Waals surface area contributed by atoms with E-state index >= 15 is 0 Å². The van der Waals surface area contributed by atoms with Gasteiger partial charge in [0.25, 0.3) is 11.5 Å². The Morgan fingerprint density at radius 2 is 1.93 bits per heavy atom. The third kappa shape index (κ3) is 3.68. The number of carbonyl (C=O) groups excluding carboxylic acids is 1. The molecule has 0 aliphatic rings. The van der Waals surface area contributed by atoms with Crippen molar-refractivity contribution in [2.45, 2.75) is 13.5 Å². The van der Waals surface area contributed by atoms with Gasteiger partial charge >= 0.3 is 5.69 Å². The number of benzene rings is 1. The molecule has 0 unspecified atom stereocenters. The van der Waals surface area contributed by atoms with Gasteiger partial charge in [-0.3, -0.25) is 24.1 Å². The lowest BCUT2D eigenvalue weighted by atomic mass is 10.1. The van der Waals surface area contributed by atoms with Crippen molar-refractivity contribution < 1.29 is 4.79 Å². The second-order valence-electron chi connectivity index (χ2n) is 6.50. The molecule has 4 rings (SSSR count). The molecule has 0 radical (unpaired) electrons. The summed E-state index contributed by atoms with van der Waals surface area (Å²) in [5.41, 5.74) is 1.08. The Balaban J connectivity index is 1.71. The maximum atomic E-state index is 12.8. The van der Waals surface area contributed by atoms with Crippen LogP contribution in [-0.2, 0) is 6.54 Å². The summed E-state index contributed by atoms with van der Waals surface area (Å²) in [6, 6.07) is 14.3. The van der Waals surface area contributed by atoms with Crippen LogP contribution in [0, 0.1) is 6.92 Å². The molecular weight excluding hydrogens is 370 g/mol. The van der Waals surface area contributed by atoms with Crippen LogP contribution in [0.3, 0.4) is 0 Å². The summed E-state index contributed by atoms with van der Waals surface area (Å²) in [6.07, 6.45) is 2.70. The van der Waals surface area contributed by atoms with Crippen molar-refractivity contribution in [2.24, 2.45) is 0 Å². The van der Waals surface area contributed by atoms with Crippen LogP contribution in [0.2, 0.25) is 0 Å². The lowest BCUT2D eigenvalue weighted by Gasteiger charge is -2.10. The summed E-state index contributed by atoms with van der Waals surface area (Å²) < 4.78 is 0.952. The first kappa shape index (κ1) is 18.3. The van der Waals surface area contributed by atoms with Gasteiger partial charge in [0.15, 0.2) is 0 Å². The van der Waals surface area contributed by atoms with Gasteiger partial charge in [0, 0.05) is 23.5 Å². The fraction of sp³-hybridized carbons (Fsp3) is 0.0952. The fourth-order valence-corrected chi connectivity index (χ4v) is 3.07. The monoisotopic (exact) mass is 387 g/mol. The van der Waals surface area contributed by atoms with E-state index in [-0.39, 0.29) is 12.1 Å². The molecule has 0 spiro atoms. The van der Waals surface area contributed by atoms with Gasteiger partial charge in [-0.1, -0.05) is 24.3 Å². The first-order valence-corrected chi connectivity index (χ1v) is 8.93. The highest BCUT2D eigenvalue weighted by molar-refractivity contribution is 6.08. The maximum absolute atomic E-state index is 12.8. The largest absolute Gasteiger partial charge is 0.328 e. The number of anilines is 1. The number of nitrogens with zero attached hydrogens (tertiary/aromatic N) is 3. The quantitative estimate of drug-likeness (QED) is 0.557. The number of fused-ring (bicyclic) bond motifs is 1. The second kappa shape index (κ2) is 7.51. The second-order valence-corrected chi connectivity index (χ2v) is 6.50. The van der Waals surface area contributed by atoms with Crippen molar-refractivity contribution >= 4 is 22.5 Å². The number of aryl methyl sites for hydroxylation is 1. The van der Waals surface area contributed by atoms with E-state index in [1.54, 1.807) is 30.5 Å². The molecular formula is C21H17N5O3. The smallest absolute Gasteiger partial charge is 0.321 e. The molecule has 1 amide bonds. The topological polar surface area (TPSA) is 110 Å². The number of hydrogen-bond acceptors (Lipinski definition) is 5. The predicted molar refractivity (Wildman–Crippen MR) is 109 cm³/mol. The van der Waals surface area contributed by atoms with E-state index in [2.05, 4.69) is 20.3 Å². The number of aromatic nitrogens is 4. The lowest BCUT2D eigenvalue weighted by molar-refractivity contribution is 0.102. The van der Waals surface area contributed by atoms with E-state index in [0.29, 0.717) is 11.4 Å². The number of nitrogens with one attached hydrogen (secondary N) is 2. The Morgan fingerprint density at radius 1 is 1.14 bits per heavy atom. The first-order chi connectivity index (χ1) is 14.0. The zero-order valence-electron chi connectivity index (χ0n) is 15.5. The summed E-state index contributed by atoms with van der Waals surface area (Å²) in [4.78, 5) is 48.8. The zero-order valence-corrected chi connectivity index (χ0v) is 15.5. The van der Waals surface area contributed by atoms with E-state index in [4.69, 9.17) is 0 Å². The summed E-state index contributed by atoms with van der Waals surface area (Å²) in [5, 5.41) is 3.52. The van der Waals surface area contributed by atoms with Crippen molar-refractivity contribution in [2.75, 3.05) is 5.32 Å². The number of H-pyrrole nitrogens is 1. The number of carbonyl (C=O) groups is 1. The van der Waals surface area contributed by atoms with Crippen LogP contribution in [0.25, 0.3) is 10.9 Å². The molecule has 29 heavy (non-hydrogen) atoms. The third-order valence-electron chi connectivity index (χ3n) is 4.44. The van der Waals surface area contributed by atoms with Crippen LogP contribution >= 0.6 is 0 Å². The van der Waals surface area contributed by atoms with Crippen LogP contribution in [0.15, 0.2) is 70.5 Å². The van der Waals surface area contributed by atoms with Gasteiger partial charge in [-0.2, -0.15) is 0 Å². The van der Waals surface area contributed by atoms with E-state index in [9.17, 15) is 14.4 Å². The molecule has 0 atom stereocenters. The molecule has 3 heterocycles. The summed E-state index contributed by atoms with van der Waals surface area (Å²) >= 11 is 0. The Morgan fingerprint density at radius 3 is 2.72 bits per heavy atom. The van der Waals surface area contributed by atoms with Crippen molar-refractivity contribution in [3.05, 3.63) is 98.7 Å². The highest BCUT2D eigenvalue weighted by Crippen LogP contribution is 2.23. The van der Waals surface area contributed by atoms with E-state index < -0.39 is 17.2 Å². The highest BCUT2D eigenvalue weighted by atomic mass is 16.2. The fourth-order valence-electron chi connectivity index (χ4n) is 3.07. The zero-order chi connectivity index (χ0) is 20.4. The Labute approximate surface area is 164 Å². The molecule has 1 aromatic carbocycles. The molecule has 0 aliphatic heterocycles. The number of amides is 1. The molecule has 3 aromatic heterocycles. The Hall–Kier alpha value is -4.07. The number of para-hydroxylation sites is 1. The maximum Gasteiger partial charge on any atom is 0.328 e. The Bertz CT molecular complexity index is 1330. The normalized spacial score (nSPS) is 10.8. The molecule has 8 nitrogen and oxygen atoms in total. The number of pyridine rings is 2. The van der Waals surface area contributed by atoms with Crippen LogP contribution in [-0.4, -0.2) is 25.4 Å². The first-order valence-electron chi connectivity index (χ1n) is 8.93. The number of hydrogen-bond donors (Lipinski definition) is 2. The standard InChI is InChI=1S/C21H17N5O3/c1-13-10-18(15-7-2-3-8-17(15)24-13)25-19(27)16-11-23-21(29)26(20(16)28)12-14-6-4-5-9-22-14/h2-11H,12H2,1H3,(H,23,29)(H,24,25,27). The minimum atomic E-state index is -0.688. The van der Waals surface area contributed by atoms with Gasteiger partial charge in [-0.25, -0.2) is 4.79 Å². The van der Waals surface area contributed by atoms with E-state index in [1.807, 2.05) is 31.2 Å². The molecule has 0 fully saturated rings. The summed E-state index contributed by atoms with van der Waals surface area (Å²) in [7, 11) is 0. The van der Waals surface area contributed by atoms with Crippen molar-refractivity contribution in [1.29, 1.82) is 0 Å². The predicted octanol–water partition coefficient (Wildman–Crippen LogP) is 2.09. The minimum Gasteiger partial charge on any atom is -0.321 e. The van der Waals surface area contributed by atoms with Gasteiger partial charge in [-0.15, -0.1) is 0 Å². The molecule has 2 N–H and O–H groups in total. The number of rotatable bonds is 4. The van der Waals surface area contributed by atoms with Crippen LogP contribution in [0.5, 0.6) is 0 Å². The van der Waals surface area contributed by atoms with Crippen molar-refractivity contribution in [3.63, 3.8) is 0 Å². The summed E-state index contributed by atoms with van der Waals surface area (Å²) in [5.74, 6) is -0.614. The van der Waals surface area contributed by atoms with Crippen molar-refractivity contribution in [1.82, 2.24) is 19.5 Å². The minimum absolute atomic E-state index is 0.0343. The molecule has 144 valence electrons. The van der Waals surface area contributed by atoms with Crippen LogP contribution in [0.1, 0.15) is 21.7 Å². The molecule has 0 bridgehead atoms. The molecule has 0 saturated heterocycles. The van der Waals surface area contributed by atoms with E-state index in [1.165, 1.54) is 0 Å². The average molecular weight is 387 g/mol. The third-order valence-corrected chi connectivity index (χ3v) is 4.44. The average Bonchev–Trinajstić information content (AvgIpc) is 2.71. The molecule has 0 aliphatic carbocycles. The molecule has 8 heteroatoms. The van der Waals surface area contributed by atoms with Crippen LogP contribution in [0.4, 0.5) is 5.69 Å². The number of aromatic amines is 1.